The molecule has 2 bridgehead atoms. The molecule has 0 aliphatic heterocycles. The average Bonchev–Trinajstić information content (AvgIpc) is 3.02. The maximum atomic E-state index is 12.1. The van der Waals surface area contributed by atoms with E-state index in [1.54, 1.807) is 0 Å². The molecule has 180 valence electrons. The number of carbonyl (C=O) groups excluding carboxylic acids is 1. The van der Waals surface area contributed by atoms with Crippen molar-refractivity contribution < 1.29 is 54.5 Å². The molecule has 1 aromatic rings. The largest absolute Gasteiger partial charge is 0.522 e. The molecule has 0 radical (unpaired) electrons. The number of hydrogen-bond donors (Lipinski definition) is 1. The lowest BCUT2D eigenvalue weighted by Crippen LogP contribution is -2.77. The third kappa shape index (κ3) is 5.26. The van der Waals surface area contributed by atoms with Crippen molar-refractivity contribution in [2.24, 2.45) is 0 Å². The van der Waals surface area contributed by atoms with Gasteiger partial charge in [-0.2, -0.15) is 0 Å². The van der Waals surface area contributed by atoms with Crippen molar-refractivity contribution in [2.45, 2.75) is 68.0 Å². The van der Waals surface area contributed by atoms with Crippen molar-refractivity contribution in [3.8, 4) is 6.08 Å². The molecule has 0 unspecified atom stereocenters. The quantitative estimate of drug-likeness (QED) is 0.406. The van der Waals surface area contributed by atoms with E-state index in [0.29, 0.717) is 19.3 Å². The molecular weight excluding hydrogens is 456 g/mol. The van der Waals surface area contributed by atoms with Gasteiger partial charge in [-0.25, -0.2) is 0 Å². The summed E-state index contributed by atoms with van der Waals surface area (Å²) in [5.41, 5.74) is -0.848. The van der Waals surface area contributed by atoms with Crippen LogP contribution in [0.3, 0.4) is 0 Å². The zero-order chi connectivity index (χ0) is 23.2. The van der Waals surface area contributed by atoms with Gasteiger partial charge in [0.05, 0.1) is 24.2 Å². The number of amides is 1. The van der Waals surface area contributed by atoms with Gasteiger partial charge >= 0.3 is 18.8 Å². The maximum Gasteiger partial charge on any atom is 0.522 e. The van der Waals surface area contributed by atoms with Crippen LogP contribution in [0.2, 0.25) is 0 Å². The second-order valence-electron chi connectivity index (χ2n) is 8.24. The van der Waals surface area contributed by atoms with Crippen LogP contribution >= 0.6 is 0 Å². The molecule has 32 heavy (non-hydrogen) atoms. The smallest absolute Gasteiger partial charge is 0.447 e. The minimum atomic E-state index is -4.75. The van der Waals surface area contributed by atoms with E-state index >= 15 is 0 Å². The van der Waals surface area contributed by atoms with Gasteiger partial charge in [0.15, 0.2) is 0 Å². The number of nitrogens with one attached hydrogen (secondary N) is 1. The summed E-state index contributed by atoms with van der Waals surface area (Å²) in [6.07, 6.45) is -9.33. The number of hydrogen-bond acceptors (Lipinski definition) is 8. The van der Waals surface area contributed by atoms with Crippen LogP contribution in [-0.4, -0.2) is 66.4 Å². The fourth-order valence-electron chi connectivity index (χ4n) is 4.38. The molecule has 1 heterocycles. The van der Waals surface area contributed by atoms with Gasteiger partial charge in [-0.05, 0) is 19.3 Å². The third-order valence-electron chi connectivity index (χ3n) is 5.67. The first-order chi connectivity index (χ1) is 14.9. The monoisotopic (exact) mass is 475 g/mol. The van der Waals surface area contributed by atoms with Crippen molar-refractivity contribution in [3.63, 3.8) is 0 Å². The van der Waals surface area contributed by atoms with Crippen LogP contribution < -0.4 is 10.1 Å². The molecule has 4 aliphatic rings. The number of ether oxygens (including phenoxy) is 4. The third-order valence-corrected chi connectivity index (χ3v) is 5.67. The highest BCUT2D eigenvalue weighted by Crippen LogP contribution is 2.67. The Kier molecular flexibility index (Phi) is 5.78. The Hall–Kier alpha value is -2.13. The lowest BCUT2D eigenvalue weighted by Gasteiger charge is -2.68. The van der Waals surface area contributed by atoms with Crippen molar-refractivity contribution >= 4 is 5.91 Å². The van der Waals surface area contributed by atoms with Gasteiger partial charge in [0.25, 0.3) is 0 Å². The SMILES string of the molecule is O=C(CO[C@H]1C[C@@H](OC(F)(F)F)C1)NC12CC(c3nnc(OCCOC(F)(F)F)o3)(C1)C2. The number of alkyl halides is 6. The maximum absolute atomic E-state index is 12.1. The Labute approximate surface area is 176 Å². The summed E-state index contributed by atoms with van der Waals surface area (Å²) >= 11 is 0. The molecule has 0 atom stereocenters. The van der Waals surface area contributed by atoms with E-state index in [0.717, 1.165) is 0 Å². The van der Waals surface area contributed by atoms with E-state index < -0.39 is 49.1 Å². The molecule has 9 nitrogen and oxygen atoms in total. The van der Waals surface area contributed by atoms with Crippen LogP contribution in [-0.2, 0) is 24.4 Å². The Bertz CT molecular complexity index is 818. The molecule has 5 rings (SSSR count). The minimum absolute atomic E-state index is 0.0743. The lowest BCUT2D eigenvalue weighted by atomic mass is 9.39. The zero-order valence-corrected chi connectivity index (χ0v) is 16.4. The van der Waals surface area contributed by atoms with Crippen LogP contribution in [0.4, 0.5) is 26.3 Å². The molecule has 4 fully saturated rings. The molecule has 15 heteroatoms. The highest BCUT2D eigenvalue weighted by Gasteiger charge is 2.71. The number of carbonyl (C=O) groups is 1. The molecule has 1 aromatic heterocycles. The summed E-state index contributed by atoms with van der Waals surface area (Å²) in [6.45, 7) is -1.41. The van der Waals surface area contributed by atoms with Gasteiger partial charge in [-0.3, -0.25) is 14.3 Å². The fourth-order valence-corrected chi connectivity index (χ4v) is 4.38. The Morgan fingerprint density at radius 2 is 1.72 bits per heavy atom. The van der Waals surface area contributed by atoms with Gasteiger partial charge in [-0.15, -0.1) is 31.4 Å². The summed E-state index contributed by atoms with van der Waals surface area (Å²) in [7, 11) is 0. The van der Waals surface area contributed by atoms with Gasteiger partial charge in [-0.1, -0.05) is 5.10 Å². The number of nitrogens with zero attached hydrogens (tertiary/aromatic N) is 2. The van der Waals surface area contributed by atoms with Gasteiger partial charge < -0.3 is 19.2 Å². The summed E-state index contributed by atoms with van der Waals surface area (Å²) in [5, 5.41) is 10.3. The van der Waals surface area contributed by atoms with Crippen molar-refractivity contribution in [3.05, 3.63) is 5.89 Å². The highest BCUT2D eigenvalue weighted by atomic mass is 19.4. The van der Waals surface area contributed by atoms with Gasteiger partial charge in [0.2, 0.25) is 11.8 Å². The average molecular weight is 475 g/mol. The summed E-state index contributed by atoms with van der Waals surface area (Å²) in [5.74, 6) is -0.0977. The van der Waals surface area contributed by atoms with Crippen molar-refractivity contribution in [1.29, 1.82) is 0 Å². The van der Waals surface area contributed by atoms with E-state index in [1.165, 1.54) is 0 Å². The molecule has 1 amide bonds. The molecular formula is C17H19F6N3O6. The summed E-state index contributed by atoms with van der Waals surface area (Å²) in [4.78, 5) is 12.1. The lowest BCUT2D eigenvalue weighted by molar-refractivity contribution is -0.357. The molecule has 0 aromatic carbocycles. The first-order valence-electron chi connectivity index (χ1n) is 9.70. The normalized spacial score (nSPS) is 31.3. The van der Waals surface area contributed by atoms with Crippen LogP contribution in [0.25, 0.3) is 0 Å². The highest BCUT2D eigenvalue weighted by molar-refractivity contribution is 5.79. The van der Waals surface area contributed by atoms with Gasteiger partial charge in [0, 0.05) is 18.4 Å². The number of halogens is 6. The van der Waals surface area contributed by atoms with Crippen LogP contribution in [0, 0.1) is 0 Å². The van der Waals surface area contributed by atoms with E-state index in [1.807, 2.05) is 0 Å². The Balaban J connectivity index is 1.12. The van der Waals surface area contributed by atoms with E-state index in [2.05, 4.69) is 25.0 Å². The summed E-state index contributed by atoms with van der Waals surface area (Å²) in [6, 6.07) is 0. The zero-order valence-electron chi connectivity index (χ0n) is 16.4. The van der Waals surface area contributed by atoms with Crippen LogP contribution in [0.15, 0.2) is 4.42 Å². The second-order valence-corrected chi connectivity index (χ2v) is 8.24. The van der Waals surface area contributed by atoms with Crippen molar-refractivity contribution in [2.75, 3.05) is 19.8 Å². The van der Waals surface area contributed by atoms with Gasteiger partial charge in [0.1, 0.15) is 13.2 Å². The minimum Gasteiger partial charge on any atom is -0.447 e. The van der Waals surface area contributed by atoms with E-state index in [4.69, 9.17) is 13.9 Å². The predicted molar refractivity (Wildman–Crippen MR) is 88.1 cm³/mol. The van der Waals surface area contributed by atoms with E-state index in [-0.39, 0.29) is 37.3 Å². The first-order valence-corrected chi connectivity index (χ1v) is 9.70. The molecule has 4 aliphatic carbocycles. The van der Waals surface area contributed by atoms with Crippen molar-refractivity contribution in [1.82, 2.24) is 15.5 Å². The number of rotatable bonds is 10. The Morgan fingerprint density at radius 1 is 1.03 bits per heavy atom. The standard InChI is InChI=1S/C17H19F6N3O6/c18-16(19,20)30-2-1-28-13-26-25-12(31-13)14-6-15(7-14,8-14)24-11(27)5-29-9-3-10(4-9)32-17(21,22)23/h9-10H,1-8H2,(H,24,27)/t9-,10+,14?,15?. The van der Waals surface area contributed by atoms with E-state index in [9.17, 15) is 31.1 Å². The summed E-state index contributed by atoms with van der Waals surface area (Å²) < 4.78 is 94.9. The number of aromatic nitrogens is 2. The Morgan fingerprint density at radius 3 is 2.34 bits per heavy atom. The topological polar surface area (TPSA) is 105 Å². The molecule has 0 saturated heterocycles. The first kappa shape index (κ1) is 23.0. The second kappa shape index (κ2) is 8.02. The van der Waals surface area contributed by atoms with Crippen LogP contribution in [0.1, 0.15) is 38.0 Å². The molecule has 1 N–H and O–H groups in total. The van der Waals surface area contributed by atoms with Crippen LogP contribution in [0.5, 0.6) is 6.08 Å². The predicted octanol–water partition coefficient (Wildman–Crippen LogP) is 2.36. The fraction of sp³-hybridized carbons (Fsp3) is 0.824. The molecule has 4 saturated carbocycles. The molecule has 0 spiro atoms.